The van der Waals surface area contributed by atoms with E-state index in [1.807, 2.05) is 0 Å². The molecule has 2 atom stereocenters. The first-order valence-corrected chi connectivity index (χ1v) is 11.2. The standard InChI is InChI=1S/C24H22F6N2O8/c1-38-18-7-14-15(8-17(20(33)34)32(21(35)36)16(14)9-19(18)39-2)31(22(37)40-3)10-11-4-12(23(25,26)27)6-13(5-11)24(28,29)30/h4-7,9,15,17H,8,10H2,1-3H3,(H,33,34)(H,35,36). The summed E-state index contributed by atoms with van der Waals surface area (Å²) in [6, 6.07) is -0.0919. The second kappa shape index (κ2) is 11.0. The van der Waals surface area contributed by atoms with Gasteiger partial charge in [-0.1, -0.05) is 0 Å². The van der Waals surface area contributed by atoms with Gasteiger partial charge in [-0.3, -0.25) is 9.80 Å². The van der Waals surface area contributed by atoms with Gasteiger partial charge in [-0.15, -0.1) is 0 Å². The Morgan fingerprint density at radius 3 is 1.85 bits per heavy atom. The van der Waals surface area contributed by atoms with Gasteiger partial charge in [0.15, 0.2) is 11.5 Å². The molecule has 2 aromatic rings. The average molecular weight is 580 g/mol. The minimum atomic E-state index is -5.16. The summed E-state index contributed by atoms with van der Waals surface area (Å²) in [5.41, 5.74) is -4.15. The first kappa shape index (κ1) is 30.2. The fourth-order valence-electron chi connectivity index (χ4n) is 4.44. The molecule has 0 bridgehead atoms. The molecule has 0 aliphatic carbocycles. The monoisotopic (exact) mass is 580 g/mol. The van der Waals surface area contributed by atoms with E-state index in [1.54, 1.807) is 0 Å². The Morgan fingerprint density at radius 2 is 1.43 bits per heavy atom. The van der Waals surface area contributed by atoms with Gasteiger partial charge in [0.2, 0.25) is 0 Å². The zero-order valence-electron chi connectivity index (χ0n) is 21.0. The van der Waals surface area contributed by atoms with Crippen molar-refractivity contribution in [2.24, 2.45) is 0 Å². The molecular weight excluding hydrogens is 558 g/mol. The van der Waals surface area contributed by atoms with Gasteiger partial charge < -0.3 is 24.4 Å². The average Bonchev–Trinajstić information content (AvgIpc) is 2.88. The molecule has 40 heavy (non-hydrogen) atoms. The summed E-state index contributed by atoms with van der Waals surface area (Å²) < 4.78 is 95.7. The van der Waals surface area contributed by atoms with Crippen LogP contribution >= 0.6 is 0 Å². The van der Waals surface area contributed by atoms with Crippen LogP contribution in [-0.4, -0.2) is 60.6 Å². The van der Waals surface area contributed by atoms with E-state index < -0.39 is 72.2 Å². The summed E-state index contributed by atoms with van der Waals surface area (Å²) in [5.74, 6) is -1.63. The third kappa shape index (κ3) is 5.94. The summed E-state index contributed by atoms with van der Waals surface area (Å²) in [5, 5.41) is 19.6. The molecule has 10 nitrogen and oxygen atoms in total. The first-order chi connectivity index (χ1) is 18.5. The predicted molar refractivity (Wildman–Crippen MR) is 123 cm³/mol. The quantitative estimate of drug-likeness (QED) is 0.436. The number of rotatable bonds is 6. The van der Waals surface area contributed by atoms with E-state index in [1.165, 1.54) is 20.3 Å². The summed E-state index contributed by atoms with van der Waals surface area (Å²) >= 11 is 0. The molecule has 3 rings (SSSR count). The van der Waals surface area contributed by atoms with Crippen LogP contribution in [-0.2, 0) is 28.4 Å². The smallest absolute Gasteiger partial charge is 0.416 e. The molecule has 16 heteroatoms. The summed E-state index contributed by atoms with van der Waals surface area (Å²) in [4.78, 5) is 38.3. The predicted octanol–water partition coefficient (Wildman–Crippen LogP) is 5.39. The van der Waals surface area contributed by atoms with Crippen LogP contribution in [0.4, 0.5) is 41.6 Å². The number of fused-ring (bicyclic) bond motifs is 1. The molecule has 2 N–H and O–H groups in total. The Bertz CT molecular complexity index is 1280. The van der Waals surface area contributed by atoms with Crippen LogP contribution < -0.4 is 14.4 Å². The molecule has 0 spiro atoms. The number of carbonyl (C=O) groups is 3. The summed E-state index contributed by atoms with van der Waals surface area (Å²) in [6.45, 7) is -0.891. The first-order valence-electron chi connectivity index (χ1n) is 11.2. The number of methoxy groups -OCH3 is 3. The van der Waals surface area contributed by atoms with Crippen LogP contribution in [0.1, 0.15) is 34.7 Å². The van der Waals surface area contributed by atoms with Gasteiger partial charge in [0, 0.05) is 24.6 Å². The lowest BCUT2D eigenvalue weighted by Crippen LogP contribution is -2.51. The molecule has 1 aliphatic rings. The largest absolute Gasteiger partial charge is 0.493 e. The Hall–Kier alpha value is -4.37. The van der Waals surface area contributed by atoms with E-state index in [2.05, 4.69) is 0 Å². The topological polar surface area (TPSA) is 126 Å². The van der Waals surface area contributed by atoms with Crippen LogP contribution in [0.25, 0.3) is 0 Å². The van der Waals surface area contributed by atoms with Crippen LogP contribution in [0.15, 0.2) is 30.3 Å². The van der Waals surface area contributed by atoms with E-state index in [4.69, 9.17) is 14.2 Å². The highest BCUT2D eigenvalue weighted by atomic mass is 19.4. The number of nitrogens with zero attached hydrogens (tertiary/aromatic N) is 2. The molecule has 0 fully saturated rings. The van der Waals surface area contributed by atoms with Crippen molar-refractivity contribution in [1.82, 2.24) is 4.90 Å². The Balaban J connectivity index is 2.26. The van der Waals surface area contributed by atoms with Crippen LogP contribution in [0.5, 0.6) is 11.5 Å². The number of benzene rings is 2. The second-order valence-corrected chi connectivity index (χ2v) is 8.54. The molecule has 0 aromatic heterocycles. The molecule has 0 saturated heterocycles. The van der Waals surface area contributed by atoms with Crippen molar-refractivity contribution < 1.29 is 65.1 Å². The third-order valence-corrected chi connectivity index (χ3v) is 6.19. The fraction of sp³-hybridized carbons (Fsp3) is 0.375. The normalized spacial score (nSPS) is 17.1. The minimum absolute atomic E-state index is 0.0189. The van der Waals surface area contributed by atoms with Crippen molar-refractivity contribution in [2.45, 2.75) is 37.4 Å². The van der Waals surface area contributed by atoms with E-state index in [0.29, 0.717) is 17.0 Å². The van der Waals surface area contributed by atoms with Crippen molar-refractivity contribution in [1.29, 1.82) is 0 Å². The Morgan fingerprint density at radius 1 is 0.900 bits per heavy atom. The highest BCUT2D eigenvalue weighted by molar-refractivity contribution is 5.96. The number of carboxylic acid groups (broad SMARTS) is 2. The maximum Gasteiger partial charge on any atom is 0.416 e. The van der Waals surface area contributed by atoms with Crippen molar-refractivity contribution in [2.75, 3.05) is 26.2 Å². The molecule has 2 aromatic carbocycles. The molecule has 218 valence electrons. The zero-order valence-corrected chi connectivity index (χ0v) is 21.0. The molecular formula is C24H22F6N2O8. The molecule has 1 heterocycles. The molecule has 2 unspecified atom stereocenters. The van der Waals surface area contributed by atoms with Crippen molar-refractivity contribution >= 4 is 23.8 Å². The van der Waals surface area contributed by atoms with Crippen LogP contribution in [0.3, 0.4) is 0 Å². The lowest BCUT2D eigenvalue weighted by molar-refractivity contribution is -0.143. The third-order valence-electron chi connectivity index (χ3n) is 6.19. The van der Waals surface area contributed by atoms with Crippen molar-refractivity contribution in [3.8, 4) is 11.5 Å². The molecule has 2 amide bonds. The number of carbonyl (C=O) groups excluding carboxylic acids is 1. The van der Waals surface area contributed by atoms with Gasteiger partial charge in [0.05, 0.1) is 44.2 Å². The SMILES string of the molecule is COC(=O)N(Cc1cc(C(F)(F)F)cc(C(F)(F)F)c1)C1CC(C(=O)O)N(C(=O)O)c2cc(OC)c(OC)cc21. The van der Waals surface area contributed by atoms with Crippen molar-refractivity contribution in [3.63, 3.8) is 0 Å². The van der Waals surface area contributed by atoms with Gasteiger partial charge in [0.25, 0.3) is 0 Å². The molecule has 1 aliphatic heterocycles. The fourth-order valence-corrected chi connectivity index (χ4v) is 4.44. The highest BCUT2D eigenvalue weighted by Crippen LogP contribution is 2.47. The van der Waals surface area contributed by atoms with Gasteiger partial charge >= 0.3 is 30.5 Å². The highest BCUT2D eigenvalue weighted by Gasteiger charge is 2.45. The van der Waals surface area contributed by atoms with E-state index in [9.17, 15) is 50.9 Å². The summed E-state index contributed by atoms with van der Waals surface area (Å²) in [6.07, 6.45) is -13.9. The number of hydrogen-bond donors (Lipinski definition) is 2. The second-order valence-electron chi connectivity index (χ2n) is 8.54. The van der Waals surface area contributed by atoms with E-state index >= 15 is 0 Å². The lowest BCUT2D eigenvalue weighted by Gasteiger charge is -2.41. The summed E-state index contributed by atoms with van der Waals surface area (Å²) in [7, 11) is 3.35. The number of amides is 2. The van der Waals surface area contributed by atoms with E-state index in [-0.39, 0.29) is 28.8 Å². The maximum absolute atomic E-state index is 13.4. The Labute approximate surface area is 222 Å². The number of alkyl halides is 6. The number of carboxylic acids is 1. The number of halogens is 6. The maximum atomic E-state index is 13.4. The molecule has 0 saturated carbocycles. The van der Waals surface area contributed by atoms with Gasteiger partial charge in [-0.25, -0.2) is 14.4 Å². The number of ether oxygens (including phenoxy) is 3. The lowest BCUT2D eigenvalue weighted by atomic mass is 9.89. The van der Waals surface area contributed by atoms with Crippen LogP contribution in [0, 0.1) is 0 Å². The zero-order chi connectivity index (χ0) is 30.2. The number of hydrogen-bond acceptors (Lipinski definition) is 6. The number of aliphatic carboxylic acids is 1. The van der Waals surface area contributed by atoms with Gasteiger partial charge in [0.1, 0.15) is 6.04 Å². The van der Waals surface area contributed by atoms with Crippen molar-refractivity contribution in [3.05, 3.63) is 52.6 Å². The van der Waals surface area contributed by atoms with Gasteiger partial charge in [-0.2, -0.15) is 26.3 Å². The minimum Gasteiger partial charge on any atom is -0.493 e. The number of anilines is 1. The van der Waals surface area contributed by atoms with E-state index in [0.717, 1.165) is 18.1 Å². The van der Waals surface area contributed by atoms with Crippen LogP contribution in [0.2, 0.25) is 0 Å². The Kier molecular flexibility index (Phi) is 8.31. The molecule has 0 radical (unpaired) electrons. The van der Waals surface area contributed by atoms with Gasteiger partial charge in [-0.05, 0) is 29.8 Å².